The van der Waals surface area contributed by atoms with Gasteiger partial charge in [0.15, 0.2) is 0 Å². The molecule has 0 atom stereocenters. The Kier molecular flexibility index (Phi) is 3.51. The Hall–Kier alpha value is -0.180. The topological polar surface area (TPSA) is 60.7 Å². The average Bonchev–Trinajstić information content (AvgIpc) is 2.30. The van der Waals surface area contributed by atoms with E-state index in [0.717, 1.165) is 0 Å². The average molecular weight is 237 g/mol. The van der Waals surface area contributed by atoms with Gasteiger partial charge in [-0.2, -0.15) is 0 Å². The van der Waals surface area contributed by atoms with Gasteiger partial charge in [-0.05, 0) is 0 Å². The van der Waals surface area contributed by atoms with Gasteiger partial charge < -0.3 is 0 Å². The first-order valence-corrected chi connectivity index (χ1v) is 7.90. The zero-order chi connectivity index (χ0) is 10.7. The molecule has 0 aromatic heterocycles. The van der Waals surface area contributed by atoms with E-state index in [4.69, 9.17) is 11.2 Å². The zero-order valence-electron chi connectivity index (χ0n) is 7.67. The third-order valence-corrected chi connectivity index (χ3v) is 7.46. The molecule has 0 aliphatic carbocycles. The second-order valence-electron chi connectivity index (χ2n) is 3.35. The van der Waals surface area contributed by atoms with Crippen molar-refractivity contribution in [2.75, 3.05) is 19.0 Å². The molecule has 0 aliphatic rings. The molecule has 1 rings (SSSR count). The predicted octanol–water partition coefficient (Wildman–Crippen LogP) is 0.868. The van der Waals surface area contributed by atoms with Crippen LogP contribution in [0, 0.1) is 0 Å². The van der Waals surface area contributed by atoms with Gasteiger partial charge in [0.25, 0.3) is 0 Å². The number of halogens is 1. The maximum absolute atomic E-state index is 9.30. The van der Waals surface area contributed by atoms with Gasteiger partial charge >= 0.3 is 87.2 Å². The van der Waals surface area contributed by atoms with Gasteiger partial charge in [0.2, 0.25) is 0 Å². The molecule has 3 nitrogen and oxygen atoms in total. The van der Waals surface area contributed by atoms with Crippen molar-refractivity contribution in [2.45, 2.75) is 0 Å². The second kappa shape index (κ2) is 4.13. The SMILES string of the molecule is OCP(Cl)(CO)(CO)c1ccccc1. The maximum atomic E-state index is 9.30. The van der Waals surface area contributed by atoms with Crippen LogP contribution in [0.4, 0.5) is 0 Å². The number of aliphatic hydroxyl groups excluding tert-OH is 3. The van der Waals surface area contributed by atoms with Crippen molar-refractivity contribution in [1.82, 2.24) is 0 Å². The molecule has 5 heteroatoms. The van der Waals surface area contributed by atoms with E-state index >= 15 is 0 Å². The molecule has 0 radical (unpaired) electrons. The van der Waals surface area contributed by atoms with Crippen LogP contribution in [0.2, 0.25) is 0 Å². The minimum absolute atomic E-state index is 0.399. The summed E-state index contributed by atoms with van der Waals surface area (Å²) in [4.78, 5) is 0. The van der Waals surface area contributed by atoms with Crippen LogP contribution in [0.15, 0.2) is 30.3 Å². The first-order chi connectivity index (χ1) is 6.59. The van der Waals surface area contributed by atoms with Crippen molar-refractivity contribution in [3.8, 4) is 0 Å². The van der Waals surface area contributed by atoms with Gasteiger partial charge in [-0.3, -0.25) is 0 Å². The molecular formula is C9H14ClO3P. The van der Waals surface area contributed by atoms with Crippen LogP contribution < -0.4 is 5.30 Å². The van der Waals surface area contributed by atoms with Crippen LogP contribution in [0.5, 0.6) is 0 Å². The Balaban J connectivity index is 3.25. The van der Waals surface area contributed by atoms with Gasteiger partial charge in [-0.15, -0.1) is 0 Å². The third-order valence-electron chi connectivity index (χ3n) is 2.37. The molecule has 1 aromatic rings. The monoisotopic (exact) mass is 236 g/mol. The standard InChI is InChI=1S/C9H14ClO3P/c10-14(6-11,7-12,8-13)9-4-2-1-3-5-9/h1-5,11-13H,6-8H2. The molecular weight excluding hydrogens is 223 g/mol. The van der Waals surface area contributed by atoms with E-state index in [1.807, 2.05) is 6.07 Å². The van der Waals surface area contributed by atoms with Crippen LogP contribution in [0.25, 0.3) is 0 Å². The summed E-state index contributed by atoms with van der Waals surface area (Å²) in [6.07, 6.45) is -1.20. The van der Waals surface area contributed by atoms with E-state index < -0.39 is 25.0 Å². The molecule has 14 heavy (non-hydrogen) atoms. The van der Waals surface area contributed by atoms with Gasteiger partial charge in [0.05, 0.1) is 0 Å². The van der Waals surface area contributed by atoms with Crippen molar-refractivity contribution in [1.29, 1.82) is 0 Å². The Morgan fingerprint density at radius 1 is 0.929 bits per heavy atom. The molecule has 0 saturated heterocycles. The Morgan fingerprint density at radius 2 is 1.36 bits per heavy atom. The molecule has 0 bridgehead atoms. The van der Waals surface area contributed by atoms with Crippen molar-refractivity contribution in [3.63, 3.8) is 0 Å². The Labute approximate surface area is 87.7 Å². The van der Waals surface area contributed by atoms with E-state index in [-0.39, 0.29) is 0 Å². The number of aliphatic hydroxyl groups is 3. The quantitative estimate of drug-likeness (QED) is 0.680. The molecule has 80 valence electrons. The first-order valence-electron chi connectivity index (χ1n) is 4.20. The van der Waals surface area contributed by atoms with Crippen LogP contribution in [-0.2, 0) is 0 Å². The van der Waals surface area contributed by atoms with Gasteiger partial charge in [-0.25, -0.2) is 0 Å². The number of hydrogen-bond donors (Lipinski definition) is 3. The van der Waals surface area contributed by atoms with Crippen LogP contribution >= 0.6 is 17.2 Å². The Morgan fingerprint density at radius 3 is 1.71 bits per heavy atom. The van der Waals surface area contributed by atoms with Crippen molar-refractivity contribution in [3.05, 3.63) is 30.3 Å². The minimum atomic E-state index is -3.43. The molecule has 0 fully saturated rings. The molecule has 0 amide bonds. The molecule has 0 heterocycles. The van der Waals surface area contributed by atoms with E-state index in [0.29, 0.717) is 5.30 Å². The fraction of sp³-hybridized carbons (Fsp3) is 0.333. The van der Waals surface area contributed by atoms with Crippen molar-refractivity contribution >= 4 is 22.5 Å². The second-order valence-corrected chi connectivity index (χ2v) is 10.5. The van der Waals surface area contributed by atoms with E-state index in [9.17, 15) is 15.3 Å². The summed E-state index contributed by atoms with van der Waals surface area (Å²) in [7, 11) is 0. The first kappa shape index (κ1) is 11.9. The molecule has 0 aliphatic heterocycles. The summed E-state index contributed by atoms with van der Waals surface area (Å²) in [5.74, 6) is -3.43. The predicted molar refractivity (Wildman–Crippen MR) is 60.1 cm³/mol. The zero-order valence-corrected chi connectivity index (χ0v) is 9.33. The normalized spacial score (nSPS) is 14.7. The summed E-state index contributed by atoms with van der Waals surface area (Å²) in [5.41, 5.74) is 0. The molecule has 0 unspecified atom stereocenters. The fourth-order valence-electron chi connectivity index (χ4n) is 1.18. The van der Waals surface area contributed by atoms with Crippen LogP contribution in [0.3, 0.4) is 0 Å². The van der Waals surface area contributed by atoms with Crippen LogP contribution in [-0.4, -0.2) is 34.4 Å². The summed E-state index contributed by atoms with van der Waals surface area (Å²) in [5, 5.41) is 28.5. The third kappa shape index (κ3) is 1.79. The van der Waals surface area contributed by atoms with Crippen LogP contribution in [0.1, 0.15) is 0 Å². The van der Waals surface area contributed by atoms with Gasteiger partial charge in [0, 0.05) is 0 Å². The Bertz CT molecular complexity index is 289. The fourth-order valence-corrected chi connectivity index (χ4v) is 3.19. The molecule has 0 saturated carbocycles. The van der Waals surface area contributed by atoms with Crippen molar-refractivity contribution < 1.29 is 15.3 Å². The molecule has 3 N–H and O–H groups in total. The summed E-state index contributed by atoms with van der Waals surface area (Å²) >= 11 is 6.26. The van der Waals surface area contributed by atoms with E-state index in [1.54, 1.807) is 24.3 Å². The number of hydrogen-bond acceptors (Lipinski definition) is 3. The van der Waals surface area contributed by atoms with Gasteiger partial charge in [0.1, 0.15) is 0 Å². The van der Waals surface area contributed by atoms with Crippen molar-refractivity contribution in [2.24, 2.45) is 0 Å². The molecule has 1 aromatic carbocycles. The number of rotatable bonds is 4. The van der Waals surface area contributed by atoms with E-state index in [1.165, 1.54) is 0 Å². The summed E-state index contributed by atoms with van der Waals surface area (Å²) in [6, 6.07) is 8.77. The number of benzene rings is 1. The van der Waals surface area contributed by atoms with Gasteiger partial charge in [-0.1, -0.05) is 0 Å². The summed E-state index contributed by atoms with van der Waals surface area (Å²) < 4.78 is 0. The summed E-state index contributed by atoms with van der Waals surface area (Å²) in [6.45, 7) is 0. The van der Waals surface area contributed by atoms with E-state index in [2.05, 4.69) is 0 Å². The molecule has 0 spiro atoms.